The Morgan fingerprint density at radius 1 is 0.489 bits per heavy atom. The van der Waals surface area contributed by atoms with E-state index in [0.717, 1.165) is 83.3 Å². The summed E-state index contributed by atoms with van der Waals surface area (Å²) in [6.07, 6.45) is 49.0. The minimum absolute atomic E-state index is 0.120. The Morgan fingerprint density at radius 3 is 1.29 bits per heavy atom. The molecule has 1 N–H and O–H groups in total. The van der Waals surface area contributed by atoms with Crippen LogP contribution in [0.3, 0.4) is 0 Å². The van der Waals surface area contributed by atoms with Crippen LogP contribution in [0.15, 0.2) is 72.9 Å². The maximum Gasteiger partial charge on any atom is 0.264 e. The van der Waals surface area contributed by atoms with E-state index in [0.29, 0.717) is 13.0 Å². The van der Waals surface area contributed by atoms with Crippen LogP contribution >= 0.6 is 0 Å². The highest BCUT2D eigenvalue weighted by molar-refractivity contribution is 7.86. The molecule has 0 aromatic heterocycles. The van der Waals surface area contributed by atoms with Gasteiger partial charge in [-0.15, -0.1) is 0 Å². The summed E-state index contributed by atoms with van der Waals surface area (Å²) in [5.41, 5.74) is 0. The summed E-state index contributed by atoms with van der Waals surface area (Å²) in [4.78, 5) is 0. The molecule has 0 unspecified atom stereocenters. The van der Waals surface area contributed by atoms with Crippen LogP contribution in [0.2, 0.25) is 0 Å². The monoisotopic (exact) mass is 670 g/mol. The summed E-state index contributed by atoms with van der Waals surface area (Å²) in [6, 6.07) is 0. The first-order chi connectivity index (χ1) is 21.6. The van der Waals surface area contributed by atoms with Crippen molar-refractivity contribution in [2.75, 3.05) is 18.6 Å². The second kappa shape index (κ2) is 35.1. The molecule has 0 saturated heterocycles. The smallest absolute Gasteiger partial charge is 0.264 e. The van der Waals surface area contributed by atoms with Gasteiger partial charge in [-0.3, -0.25) is 8.74 Å². The molecule has 0 spiro atoms. The van der Waals surface area contributed by atoms with Crippen LogP contribution in [0, 0.1) is 0 Å². The molecule has 0 saturated carbocycles. The SMILES string of the molecule is CC/C=C\C/C=C\C/C=C\CCCCCCCCOS(C)(=O)=O.CCCCCC=CCC=CC/C=C\CCCCCS(=O)(=O)O. The molecule has 0 aliphatic rings. The van der Waals surface area contributed by atoms with Crippen molar-refractivity contribution in [2.45, 2.75) is 142 Å². The maximum absolute atomic E-state index is 10.8. The molecule has 0 bridgehead atoms. The zero-order valence-electron chi connectivity index (χ0n) is 28.8. The van der Waals surface area contributed by atoms with Crippen molar-refractivity contribution in [2.24, 2.45) is 0 Å². The van der Waals surface area contributed by atoms with Gasteiger partial charge in [0.25, 0.3) is 20.2 Å². The van der Waals surface area contributed by atoms with Gasteiger partial charge in [0, 0.05) is 0 Å². The molecule has 45 heavy (non-hydrogen) atoms. The lowest BCUT2D eigenvalue weighted by Gasteiger charge is -2.01. The predicted octanol–water partition coefficient (Wildman–Crippen LogP) is 11.0. The molecule has 0 aromatic rings. The van der Waals surface area contributed by atoms with Crippen molar-refractivity contribution in [3.63, 3.8) is 0 Å². The Balaban J connectivity index is 0. The second-order valence-corrected chi connectivity index (χ2v) is 14.5. The van der Waals surface area contributed by atoms with Crippen molar-refractivity contribution >= 4 is 20.2 Å². The number of hydrogen-bond acceptors (Lipinski definition) is 5. The molecule has 0 rings (SSSR count). The number of rotatable bonds is 29. The molecular weight excluding hydrogens is 605 g/mol. The van der Waals surface area contributed by atoms with Crippen LogP contribution in [0.1, 0.15) is 142 Å². The number of allylic oxidation sites excluding steroid dienone is 12. The van der Waals surface area contributed by atoms with Gasteiger partial charge in [0.1, 0.15) is 0 Å². The first-order valence-electron chi connectivity index (χ1n) is 17.3. The van der Waals surface area contributed by atoms with Gasteiger partial charge in [0.2, 0.25) is 0 Å². The lowest BCUT2D eigenvalue weighted by atomic mass is 10.1. The van der Waals surface area contributed by atoms with Gasteiger partial charge < -0.3 is 0 Å². The fourth-order valence-corrected chi connectivity index (χ4v) is 5.11. The molecule has 6 nitrogen and oxygen atoms in total. The van der Waals surface area contributed by atoms with Gasteiger partial charge in [-0.2, -0.15) is 16.8 Å². The van der Waals surface area contributed by atoms with Crippen LogP contribution < -0.4 is 0 Å². The van der Waals surface area contributed by atoms with E-state index in [-0.39, 0.29) is 5.75 Å². The van der Waals surface area contributed by atoms with Crippen molar-refractivity contribution in [1.29, 1.82) is 0 Å². The molecule has 0 amide bonds. The Morgan fingerprint density at radius 2 is 0.867 bits per heavy atom. The molecule has 0 aliphatic carbocycles. The first kappa shape index (κ1) is 45.4. The Kier molecular flexibility index (Phi) is 35.4. The normalized spacial score (nSPS) is 13.0. The molecular formula is C37H66O6S2. The van der Waals surface area contributed by atoms with Gasteiger partial charge in [-0.25, -0.2) is 0 Å². The van der Waals surface area contributed by atoms with Gasteiger partial charge in [-0.1, -0.05) is 132 Å². The van der Waals surface area contributed by atoms with E-state index >= 15 is 0 Å². The highest BCUT2D eigenvalue weighted by atomic mass is 32.2. The van der Waals surface area contributed by atoms with Crippen LogP contribution in [0.4, 0.5) is 0 Å². The minimum Gasteiger partial charge on any atom is -0.286 e. The lowest BCUT2D eigenvalue weighted by Crippen LogP contribution is -2.03. The maximum atomic E-state index is 10.8. The van der Waals surface area contributed by atoms with Crippen molar-refractivity contribution in [3.8, 4) is 0 Å². The van der Waals surface area contributed by atoms with E-state index < -0.39 is 20.2 Å². The third kappa shape index (κ3) is 49.3. The van der Waals surface area contributed by atoms with Gasteiger partial charge in [-0.05, 0) is 83.5 Å². The molecule has 0 heterocycles. The fourth-order valence-electron chi connectivity index (χ4n) is 4.12. The number of hydrogen-bond donors (Lipinski definition) is 1. The van der Waals surface area contributed by atoms with Gasteiger partial charge >= 0.3 is 0 Å². The van der Waals surface area contributed by atoms with Crippen molar-refractivity contribution in [1.82, 2.24) is 0 Å². The standard InChI is InChI=1S/C19H34O3S.C18H32O3S/c1-3-4-5-6-7-8-9-10-11-12-13-14-15-16-17-18-19-22-23(2,20)21;1-2-3-4-5-6-7-8-9-10-11-12-13-14-15-16-17-18-22(19,20)21/h4-5,7-8,10-11H,3,6,9,12-19H2,1-2H3;6-7,9-10,12-13H,2-5,8,11,14-18H2,1H3,(H,19,20,21)/b5-4-,8-7-,11-10-;7-6?,10-9?,13-12-. The summed E-state index contributed by atoms with van der Waals surface area (Å²) >= 11 is 0. The third-order valence-corrected chi connectivity index (χ3v) is 8.03. The van der Waals surface area contributed by atoms with Crippen LogP contribution in [-0.4, -0.2) is 40.0 Å². The van der Waals surface area contributed by atoms with E-state index in [1.165, 1.54) is 44.9 Å². The summed E-state index contributed by atoms with van der Waals surface area (Å²) in [5, 5.41) is 0. The van der Waals surface area contributed by atoms with E-state index in [9.17, 15) is 16.8 Å². The Hall–Kier alpha value is -1.74. The fraction of sp³-hybridized carbons (Fsp3) is 0.676. The van der Waals surface area contributed by atoms with E-state index in [1.54, 1.807) is 0 Å². The predicted molar refractivity (Wildman–Crippen MR) is 196 cm³/mol. The highest BCUT2D eigenvalue weighted by Gasteiger charge is 2.02. The topological polar surface area (TPSA) is 97.7 Å². The largest absolute Gasteiger partial charge is 0.286 e. The highest BCUT2D eigenvalue weighted by Crippen LogP contribution is 2.09. The third-order valence-electron chi connectivity index (χ3n) is 6.63. The van der Waals surface area contributed by atoms with E-state index in [4.69, 9.17) is 8.74 Å². The summed E-state index contributed by atoms with van der Waals surface area (Å²) in [5.74, 6) is -0.120. The van der Waals surface area contributed by atoms with Gasteiger partial charge in [0.05, 0.1) is 18.6 Å². The lowest BCUT2D eigenvalue weighted by molar-refractivity contribution is 0.309. The van der Waals surface area contributed by atoms with E-state index in [2.05, 4.69) is 86.8 Å². The van der Waals surface area contributed by atoms with Crippen molar-refractivity contribution in [3.05, 3.63) is 72.9 Å². The van der Waals surface area contributed by atoms with Crippen molar-refractivity contribution < 1.29 is 25.6 Å². The van der Waals surface area contributed by atoms with E-state index in [1.807, 2.05) is 0 Å². The van der Waals surface area contributed by atoms with Crippen LogP contribution in [-0.2, 0) is 24.4 Å². The van der Waals surface area contributed by atoms with Crippen LogP contribution in [0.25, 0.3) is 0 Å². The molecule has 8 heteroatoms. The average molecular weight is 671 g/mol. The quantitative estimate of drug-likeness (QED) is 0.0368. The number of unbranched alkanes of at least 4 members (excludes halogenated alkanes) is 12. The zero-order chi connectivity index (χ0) is 33.7. The first-order valence-corrected chi connectivity index (χ1v) is 20.7. The molecule has 0 fully saturated rings. The average Bonchev–Trinajstić information content (AvgIpc) is 2.98. The minimum atomic E-state index is -3.78. The van der Waals surface area contributed by atoms with Gasteiger partial charge in [0.15, 0.2) is 0 Å². The summed E-state index contributed by atoms with van der Waals surface area (Å²) in [6.45, 7) is 4.69. The molecule has 0 aliphatic heterocycles. The Bertz CT molecular complexity index is 1020. The molecule has 0 radical (unpaired) electrons. The Labute approximate surface area is 278 Å². The molecule has 0 aromatic carbocycles. The molecule has 0 atom stereocenters. The second-order valence-electron chi connectivity index (χ2n) is 11.2. The summed E-state index contributed by atoms with van der Waals surface area (Å²) in [7, 11) is -7.04. The van der Waals surface area contributed by atoms with Crippen LogP contribution in [0.5, 0.6) is 0 Å². The molecule has 262 valence electrons. The summed E-state index contributed by atoms with van der Waals surface area (Å²) < 4.78 is 55.8. The zero-order valence-corrected chi connectivity index (χ0v) is 30.4.